The monoisotopic (exact) mass is 656 g/mol. The summed E-state index contributed by atoms with van der Waals surface area (Å²) in [6.07, 6.45) is -0.105. The number of fused-ring (bicyclic) bond motifs is 1. The normalized spacial score (nSPS) is 18.6. The number of anilines is 3. The van der Waals surface area contributed by atoms with Crippen LogP contribution >= 0.6 is 0 Å². The molecule has 14 heteroatoms. The molecule has 2 atom stereocenters. The van der Waals surface area contributed by atoms with Crippen LogP contribution in [0.25, 0.3) is 10.8 Å². The Balaban J connectivity index is 1.65. The van der Waals surface area contributed by atoms with Gasteiger partial charge in [-0.15, -0.1) is 0 Å². The van der Waals surface area contributed by atoms with E-state index >= 15 is 0 Å². The summed E-state index contributed by atoms with van der Waals surface area (Å²) in [6.45, 7) is 7.16. The molecule has 4 rings (SSSR count). The van der Waals surface area contributed by atoms with Crippen molar-refractivity contribution in [2.45, 2.75) is 51.2 Å². The molecule has 1 aliphatic heterocycles. The highest BCUT2D eigenvalue weighted by molar-refractivity contribution is 7.92. The van der Waals surface area contributed by atoms with E-state index in [9.17, 15) is 33.0 Å². The van der Waals surface area contributed by atoms with Crippen LogP contribution in [0.4, 0.5) is 21.9 Å². The molecule has 0 aromatic heterocycles. The molecule has 1 fully saturated rings. The van der Waals surface area contributed by atoms with Gasteiger partial charge >= 0.3 is 12.0 Å². The Hall–Kier alpha value is -4.40. The van der Waals surface area contributed by atoms with Gasteiger partial charge < -0.3 is 35.2 Å². The van der Waals surface area contributed by atoms with Gasteiger partial charge in [0.05, 0.1) is 56.1 Å². The highest BCUT2D eigenvalue weighted by Crippen LogP contribution is 2.39. The summed E-state index contributed by atoms with van der Waals surface area (Å²) in [6, 6.07) is 12.9. The number of aliphatic hydroxyl groups excluding tert-OH is 1. The number of aliphatic hydroxyl groups is 1. The highest BCUT2D eigenvalue weighted by atomic mass is 32.2. The standard InChI is InChI=1S/C32H40N4O9S/c1-31(2,3)19-13-25(28(44-5)26(14-19)35-46(6,42)43)34-30(41)33-24-12-11-23(21-9-7-8-10-22(21)24)29(40)36-16-20(15-27(38)39)45-32(4,17-36)18-37/h7-14,20,35,37H,15-18H2,1-6H3,(H,38,39)(H2,33,34,41). The van der Waals surface area contributed by atoms with Gasteiger partial charge in [0.1, 0.15) is 5.60 Å². The lowest BCUT2D eigenvalue weighted by Crippen LogP contribution is -2.57. The second kappa shape index (κ2) is 13.1. The van der Waals surface area contributed by atoms with Gasteiger partial charge in [-0.3, -0.25) is 14.3 Å². The number of nitrogens with zero attached hydrogens (tertiary/aromatic N) is 1. The van der Waals surface area contributed by atoms with Gasteiger partial charge in [-0.25, -0.2) is 13.2 Å². The SMILES string of the molecule is COc1c(NC(=O)Nc2ccc(C(=O)N3CC(CC(=O)O)OC(C)(CO)C3)c3ccccc23)cc(C(C)(C)C)cc1NS(C)(=O)=O. The number of carbonyl (C=O) groups excluding carboxylic acids is 2. The number of amides is 3. The van der Waals surface area contributed by atoms with Crippen molar-refractivity contribution in [2.24, 2.45) is 0 Å². The fourth-order valence-corrected chi connectivity index (χ4v) is 5.98. The van der Waals surface area contributed by atoms with Crippen molar-refractivity contribution in [3.63, 3.8) is 0 Å². The lowest BCUT2D eigenvalue weighted by atomic mass is 9.86. The third kappa shape index (κ3) is 8.05. The van der Waals surface area contributed by atoms with Crippen LogP contribution in [0.3, 0.4) is 0 Å². The highest BCUT2D eigenvalue weighted by Gasteiger charge is 2.40. The number of hydrogen-bond acceptors (Lipinski definition) is 8. The third-order valence-electron chi connectivity index (χ3n) is 7.53. The first kappa shape index (κ1) is 34.5. The van der Waals surface area contributed by atoms with E-state index < -0.39 is 45.8 Å². The molecule has 3 aromatic rings. The number of sulfonamides is 1. The summed E-state index contributed by atoms with van der Waals surface area (Å²) in [4.78, 5) is 40.0. The molecular formula is C32H40N4O9S. The van der Waals surface area contributed by atoms with Crippen LogP contribution in [-0.4, -0.2) is 86.2 Å². The van der Waals surface area contributed by atoms with Crippen LogP contribution < -0.4 is 20.1 Å². The third-order valence-corrected chi connectivity index (χ3v) is 8.12. The molecule has 0 bridgehead atoms. The van der Waals surface area contributed by atoms with Crippen LogP contribution in [0.1, 0.15) is 50.0 Å². The van der Waals surface area contributed by atoms with E-state index in [-0.39, 0.29) is 42.5 Å². The summed E-state index contributed by atoms with van der Waals surface area (Å²) < 4.78 is 37.9. The molecule has 2 unspecified atom stereocenters. The van der Waals surface area contributed by atoms with Gasteiger partial charge in [-0.05, 0) is 47.6 Å². The maximum absolute atomic E-state index is 13.8. The number of carboxylic acids is 1. The van der Waals surface area contributed by atoms with Crippen molar-refractivity contribution in [3.05, 3.63) is 59.7 Å². The zero-order valence-corrected chi connectivity index (χ0v) is 27.4. The lowest BCUT2D eigenvalue weighted by molar-refractivity contribution is -0.167. The van der Waals surface area contributed by atoms with Gasteiger partial charge in [-0.1, -0.05) is 45.0 Å². The number of morpholine rings is 1. The number of aliphatic carboxylic acids is 1. The van der Waals surface area contributed by atoms with E-state index in [4.69, 9.17) is 9.47 Å². The Bertz CT molecular complexity index is 1770. The molecule has 5 N–H and O–H groups in total. The molecule has 0 aliphatic carbocycles. The molecule has 46 heavy (non-hydrogen) atoms. The number of carbonyl (C=O) groups is 3. The van der Waals surface area contributed by atoms with Crippen molar-refractivity contribution in [2.75, 3.05) is 48.4 Å². The Kier molecular flexibility index (Phi) is 9.85. The first-order valence-electron chi connectivity index (χ1n) is 14.5. The van der Waals surface area contributed by atoms with Crippen molar-refractivity contribution in [1.29, 1.82) is 0 Å². The van der Waals surface area contributed by atoms with Crippen LogP contribution in [0.5, 0.6) is 5.75 Å². The molecule has 1 aliphatic rings. The number of ether oxygens (including phenoxy) is 2. The maximum Gasteiger partial charge on any atom is 0.323 e. The molecule has 1 heterocycles. The summed E-state index contributed by atoms with van der Waals surface area (Å²) in [5, 5.41) is 25.9. The van der Waals surface area contributed by atoms with Crippen LogP contribution in [-0.2, 0) is 25.0 Å². The van der Waals surface area contributed by atoms with E-state index in [2.05, 4.69) is 15.4 Å². The number of urea groups is 1. The largest absolute Gasteiger partial charge is 0.492 e. The Morgan fingerprint density at radius 1 is 1.04 bits per heavy atom. The zero-order chi connectivity index (χ0) is 34.0. The van der Waals surface area contributed by atoms with Crippen LogP contribution in [0.15, 0.2) is 48.5 Å². The molecular weight excluding hydrogens is 616 g/mol. The number of methoxy groups -OCH3 is 1. The second-order valence-corrected chi connectivity index (χ2v) is 14.4. The number of benzene rings is 3. The minimum Gasteiger partial charge on any atom is -0.492 e. The minimum absolute atomic E-state index is 0.0309. The predicted molar refractivity (Wildman–Crippen MR) is 175 cm³/mol. The fourth-order valence-electron chi connectivity index (χ4n) is 5.42. The molecule has 13 nitrogen and oxygen atoms in total. The maximum atomic E-state index is 13.8. The second-order valence-electron chi connectivity index (χ2n) is 12.6. The van der Waals surface area contributed by atoms with Crippen molar-refractivity contribution < 1.29 is 42.5 Å². The van der Waals surface area contributed by atoms with E-state index in [1.54, 1.807) is 55.5 Å². The van der Waals surface area contributed by atoms with Crippen molar-refractivity contribution in [1.82, 2.24) is 4.90 Å². The number of nitrogens with one attached hydrogen (secondary N) is 3. The van der Waals surface area contributed by atoms with Gasteiger partial charge in [0.15, 0.2) is 5.75 Å². The van der Waals surface area contributed by atoms with Gasteiger partial charge in [0.2, 0.25) is 10.0 Å². The van der Waals surface area contributed by atoms with Gasteiger partial charge in [-0.2, -0.15) is 0 Å². The zero-order valence-electron chi connectivity index (χ0n) is 26.6. The van der Waals surface area contributed by atoms with Gasteiger partial charge in [0.25, 0.3) is 5.91 Å². The minimum atomic E-state index is -3.66. The smallest absolute Gasteiger partial charge is 0.323 e. The summed E-state index contributed by atoms with van der Waals surface area (Å²) >= 11 is 0. The van der Waals surface area contributed by atoms with E-state index in [1.807, 2.05) is 20.8 Å². The Morgan fingerprint density at radius 3 is 2.26 bits per heavy atom. The summed E-state index contributed by atoms with van der Waals surface area (Å²) in [7, 11) is -2.29. The molecule has 0 saturated carbocycles. The van der Waals surface area contributed by atoms with Crippen LogP contribution in [0, 0.1) is 0 Å². The summed E-state index contributed by atoms with van der Waals surface area (Å²) in [5.74, 6) is -1.33. The molecule has 248 valence electrons. The van der Waals surface area contributed by atoms with Gasteiger partial charge in [0, 0.05) is 17.5 Å². The summed E-state index contributed by atoms with van der Waals surface area (Å²) in [5.41, 5.74) is 0.357. The average Bonchev–Trinajstić information content (AvgIpc) is 2.95. The predicted octanol–water partition coefficient (Wildman–Crippen LogP) is 4.23. The van der Waals surface area contributed by atoms with Crippen molar-refractivity contribution >= 4 is 55.8 Å². The molecule has 3 aromatic carbocycles. The van der Waals surface area contributed by atoms with E-state index in [0.29, 0.717) is 22.0 Å². The topological polar surface area (TPSA) is 184 Å². The molecule has 0 spiro atoms. The number of carboxylic acid groups (broad SMARTS) is 1. The first-order valence-corrected chi connectivity index (χ1v) is 16.4. The molecule has 1 saturated heterocycles. The first-order chi connectivity index (χ1) is 21.4. The van der Waals surface area contributed by atoms with E-state index in [0.717, 1.165) is 11.8 Å². The lowest BCUT2D eigenvalue weighted by Gasteiger charge is -2.43. The van der Waals surface area contributed by atoms with Crippen molar-refractivity contribution in [3.8, 4) is 5.75 Å². The number of hydrogen-bond donors (Lipinski definition) is 5. The Labute approximate surface area is 267 Å². The quantitative estimate of drug-likeness (QED) is 0.225. The average molecular weight is 657 g/mol. The molecule has 0 radical (unpaired) electrons. The number of rotatable bonds is 9. The Morgan fingerprint density at radius 2 is 1.67 bits per heavy atom. The van der Waals surface area contributed by atoms with Crippen LogP contribution in [0.2, 0.25) is 0 Å². The molecule has 3 amide bonds. The fraction of sp³-hybridized carbons (Fsp3) is 0.406. The van der Waals surface area contributed by atoms with E-state index in [1.165, 1.54) is 12.0 Å².